The second kappa shape index (κ2) is 6.93. The third-order valence-corrected chi connectivity index (χ3v) is 4.31. The molecule has 1 amide bonds. The lowest BCUT2D eigenvalue weighted by molar-refractivity contribution is -0.139. The van der Waals surface area contributed by atoms with Gasteiger partial charge in [0.05, 0.1) is 6.04 Å². The Morgan fingerprint density at radius 1 is 1.24 bits per heavy atom. The van der Waals surface area contributed by atoms with Crippen LogP contribution in [0.5, 0.6) is 5.75 Å². The minimum Gasteiger partial charge on any atom is -0.482 e. The summed E-state index contributed by atoms with van der Waals surface area (Å²) in [5.74, 6) is -1.46. The van der Waals surface area contributed by atoms with E-state index in [1.807, 2.05) is 24.3 Å². The third-order valence-electron chi connectivity index (χ3n) is 4.31. The van der Waals surface area contributed by atoms with E-state index in [9.17, 15) is 14.0 Å². The monoisotopic (exact) mass is 343 g/mol. The molecule has 0 aromatic heterocycles. The molecule has 1 N–H and O–H groups in total. The molecule has 0 fully saturated rings. The molecule has 3 rings (SSSR count). The number of fused-ring (bicyclic) bond motifs is 1. The molecule has 0 radical (unpaired) electrons. The van der Waals surface area contributed by atoms with Gasteiger partial charge in [-0.3, -0.25) is 4.79 Å². The van der Waals surface area contributed by atoms with E-state index in [0.29, 0.717) is 18.5 Å². The van der Waals surface area contributed by atoms with Gasteiger partial charge in [0.2, 0.25) is 5.91 Å². The van der Waals surface area contributed by atoms with Gasteiger partial charge >= 0.3 is 5.97 Å². The number of aliphatic carboxylic acids is 1. The Hall–Kier alpha value is -2.89. The van der Waals surface area contributed by atoms with E-state index in [4.69, 9.17) is 9.84 Å². The first-order chi connectivity index (χ1) is 12.0. The van der Waals surface area contributed by atoms with Crippen molar-refractivity contribution in [1.82, 2.24) is 4.90 Å². The Labute approximate surface area is 144 Å². The standard InChI is InChI=1S/C19H18FNO4/c1-12(22)21-9-8-13-4-2-3-5-15(13)19(21)16-10-14(20)6-7-17(16)25-11-18(23)24/h2-7,10,19H,8-9,11H2,1H3,(H,23,24). The number of carbonyl (C=O) groups excluding carboxylic acids is 1. The molecule has 1 aliphatic rings. The van der Waals surface area contributed by atoms with Gasteiger partial charge < -0.3 is 14.7 Å². The fourth-order valence-corrected chi connectivity index (χ4v) is 3.25. The van der Waals surface area contributed by atoms with Crippen molar-refractivity contribution in [3.63, 3.8) is 0 Å². The summed E-state index contributed by atoms with van der Waals surface area (Å²) in [5.41, 5.74) is 2.43. The maximum atomic E-state index is 13.9. The summed E-state index contributed by atoms with van der Waals surface area (Å²) in [6.07, 6.45) is 0.715. The van der Waals surface area contributed by atoms with Crippen LogP contribution in [0.3, 0.4) is 0 Å². The van der Waals surface area contributed by atoms with E-state index < -0.39 is 24.4 Å². The van der Waals surface area contributed by atoms with Crippen LogP contribution >= 0.6 is 0 Å². The quantitative estimate of drug-likeness (QED) is 0.927. The summed E-state index contributed by atoms with van der Waals surface area (Å²) in [7, 11) is 0. The van der Waals surface area contributed by atoms with E-state index in [0.717, 1.165) is 11.1 Å². The molecule has 1 atom stereocenters. The van der Waals surface area contributed by atoms with Gasteiger partial charge in [-0.2, -0.15) is 0 Å². The zero-order chi connectivity index (χ0) is 18.0. The molecule has 2 aromatic carbocycles. The number of rotatable bonds is 4. The van der Waals surface area contributed by atoms with Crippen LogP contribution in [0.2, 0.25) is 0 Å². The molecule has 130 valence electrons. The zero-order valence-corrected chi connectivity index (χ0v) is 13.7. The summed E-state index contributed by atoms with van der Waals surface area (Å²) < 4.78 is 19.3. The lowest BCUT2D eigenvalue weighted by Gasteiger charge is -2.37. The number of amides is 1. The Morgan fingerprint density at radius 3 is 2.72 bits per heavy atom. The van der Waals surface area contributed by atoms with Crippen LogP contribution in [0.15, 0.2) is 42.5 Å². The maximum absolute atomic E-state index is 13.9. The molecular weight excluding hydrogens is 325 g/mol. The lowest BCUT2D eigenvalue weighted by Crippen LogP contribution is -2.39. The summed E-state index contributed by atoms with van der Waals surface area (Å²) in [6.45, 7) is 1.44. The van der Waals surface area contributed by atoms with Gasteiger partial charge in [-0.15, -0.1) is 0 Å². The van der Waals surface area contributed by atoms with Crippen molar-refractivity contribution in [3.05, 3.63) is 65.0 Å². The van der Waals surface area contributed by atoms with Gasteiger partial charge in [-0.1, -0.05) is 24.3 Å². The van der Waals surface area contributed by atoms with Crippen molar-refractivity contribution in [1.29, 1.82) is 0 Å². The largest absolute Gasteiger partial charge is 0.482 e. The van der Waals surface area contributed by atoms with Gasteiger partial charge in [0, 0.05) is 19.0 Å². The first-order valence-corrected chi connectivity index (χ1v) is 7.96. The predicted molar refractivity (Wildman–Crippen MR) is 88.9 cm³/mol. The van der Waals surface area contributed by atoms with Crippen LogP contribution in [0.1, 0.15) is 29.7 Å². The van der Waals surface area contributed by atoms with Crippen molar-refractivity contribution in [2.75, 3.05) is 13.2 Å². The first kappa shape index (κ1) is 17.0. The van der Waals surface area contributed by atoms with Crippen LogP contribution in [-0.4, -0.2) is 35.0 Å². The van der Waals surface area contributed by atoms with E-state index in [-0.39, 0.29) is 11.7 Å². The van der Waals surface area contributed by atoms with Gasteiger partial charge in [0.25, 0.3) is 0 Å². The van der Waals surface area contributed by atoms with Crippen LogP contribution < -0.4 is 4.74 Å². The zero-order valence-electron chi connectivity index (χ0n) is 13.7. The topological polar surface area (TPSA) is 66.8 Å². The third kappa shape index (κ3) is 3.47. The molecular formula is C19H18FNO4. The highest BCUT2D eigenvalue weighted by atomic mass is 19.1. The number of hydrogen-bond acceptors (Lipinski definition) is 3. The molecule has 6 heteroatoms. The van der Waals surface area contributed by atoms with E-state index in [2.05, 4.69) is 0 Å². The van der Waals surface area contributed by atoms with Crippen molar-refractivity contribution in [2.24, 2.45) is 0 Å². The Bertz CT molecular complexity index is 821. The van der Waals surface area contributed by atoms with Gasteiger partial charge in [0.15, 0.2) is 6.61 Å². The van der Waals surface area contributed by atoms with Crippen molar-refractivity contribution < 1.29 is 23.8 Å². The molecule has 0 spiro atoms. The molecule has 0 bridgehead atoms. The number of benzene rings is 2. The van der Waals surface area contributed by atoms with Gasteiger partial charge in [0.1, 0.15) is 11.6 Å². The molecule has 1 aliphatic heterocycles. The number of carboxylic acids is 1. The predicted octanol–water partition coefficient (Wildman–Crippen LogP) is 2.78. The second-order valence-electron chi connectivity index (χ2n) is 5.93. The molecule has 2 aromatic rings. The minimum absolute atomic E-state index is 0.132. The Balaban J connectivity index is 2.12. The van der Waals surface area contributed by atoms with Crippen molar-refractivity contribution >= 4 is 11.9 Å². The SMILES string of the molecule is CC(=O)N1CCc2ccccc2C1c1cc(F)ccc1OCC(=O)O. The summed E-state index contributed by atoms with van der Waals surface area (Å²) in [4.78, 5) is 24.6. The second-order valence-corrected chi connectivity index (χ2v) is 5.93. The molecule has 0 saturated carbocycles. The van der Waals surface area contributed by atoms with Gasteiger partial charge in [-0.25, -0.2) is 9.18 Å². The summed E-state index contributed by atoms with van der Waals surface area (Å²) >= 11 is 0. The first-order valence-electron chi connectivity index (χ1n) is 7.96. The molecule has 5 nitrogen and oxygen atoms in total. The number of nitrogens with zero attached hydrogens (tertiary/aromatic N) is 1. The Kier molecular flexibility index (Phi) is 4.70. The number of halogens is 1. The number of ether oxygens (including phenoxy) is 1. The smallest absolute Gasteiger partial charge is 0.341 e. The summed E-state index contributed by atoms with van der Waals surface area (Å²) in [6, 6.07) is 11.1. The average molecular weight is 343 g/mol. The number of carbonyl (C=O) groups is 2. The highest BCUT2D eigenvalue weighted by Gasteiger charge is 2.32. The molecule has 1 heterocycles. The molecule has 0 saturated heterocycles. The number of hydrogen-bond donors (Lipinski definition) is 1. The molecule has 1 unspecified atom stereocenters. The van der Waals surface area contributed by atoms with Crippen molar-refractivity contribution in [3.8, 4) is 5.75 Å². The van der Waals surface area contributed by atoms with Crippen LogP contribution in [-0.2, 0) is 16.0 Å². The molecule has 0 aliphatic carbocycles. The minimum atomic E-state index is -1.12. The van der Waals surface area contributed by atoms with Gasteiger partial charge in [-0.05, 0) is 35.7 Å². The number of carboxylic acid groups (broad SMARTS) is 1. The van der Waals surface area contributed by atoms with Crippen LogP contribution in [0.4, 0.5) is 4.39 Å². The lowest BCUT2D eigenvalue weighted by atomic mass is 9.87. The van der Waals surface area contributed by atoms with E-state index in [1.54, 1.807) is 4.90 Å². The Morgan fingerprint density at radius 2 is 2.00 bits per heavy atom. The van der Waals surface area contributed by atoms with Crippen molar-refractivity contribution in [2.45, 2.75) is 19.4 Å². The highest BCUT2D eigenvalue weighted by molar-refractivity contribution is 5.75. The van der Waals surface area contributed by atoms with E-state index >= 15 is 0 Å². The normalized spacial score (nSPS) is 16.2. The summed E-state index contributed by atoms with van der Waals surface area (Å²) in [5, 5.41) is 8.87. The maximum Gasteiger partial charge on any atom is 0.341 e. The fraction of sp³-hybridized carbons (Fsp3) is 0.263. The highest BCUT2D eigenvalue weighted by Crippen LogP contribution is 2.39. The average Bonchev–Trinajstić information content (AvgIpc) is 2.59. The van der Waals surface area contributed by atoms with Crippen LogP contribution in [0.25, 0.3) is 0 Å². The van der Waals surface area contributed by atoms with E-state index in [1.165, 1.54) is 25.1 Å². The molecule has 25 heavy (non-hydrogen) atoms. The fourth-order valence-electron chi connectivity index (χ4n) is 3.25. The van der Waals surface area contributed by atoms with Crippen LogP contribution in [0, 0.1) is 5.82 Å².